The van der Waals surface area contributed by atoms with Crippen molar-refractivity contribution in [2.45, 2.75) is 32.1 Å². The van der Waals surface area contributed by atoms with E-state index >= 15 is 0 Å². The second-order valence-corrected chi connectivity index (χ2v) is 4.33. The van der Waals surface area contributed by atoms with Gasteiger partial charge < -0.3 is 15.0 Å². The van der Waals surface area contributed by atoms with Crippen LogP contribution in [0.15, 0.2) is 25.2 Å². The van der Waals surface area contributed by atoms with Crippen LogP contribution < -0.4 is 5.32 Å². The molecule has 1 aromatic heterocycles. The SMILES string of the molecule is C=C[C@H]1CC(C)O[C@@H]1CNCc1cnc[nH]1. The van der Waals surface area contributed by atoms with Crippen LogP contribution in [0.3, 0.4) is 0 Å². The van der Waals surface area contributed by atoms with E-state index in [2.05, 4.69) is 28.8 Å². The van der Waals surface area contributed by atoms with E-state index in [0.29, 0.717) is 12.0 Å². The highest BCUT2D eigenvalue weighted by molar-refractivity contribution is 4.95. The maximum absolute atomic E-state index is 5.82. The first kappa shape index (κ1) is 11.4. The Bertz CT molecular complexity index is 323. The predicted molar refractivity (Wildman–Crippen MR) is 62.9 cm³/mol. The number of ether oxygens (including phenoxy) is 1. The van der Waals surface area contributed by atoms with Gasteiger partial charge in [0.25, 0.3) is 0 Å². The number of imidazole rings is 1. The molecule has 1 aromatic rings. The fraction of sp³-hybridized carbons (Fsp3) is 0.583. The van der Waals surface area contributed by atoms with Crippen molar-refractivity contribution in [2.75, 3.05) is 6.54 Å². The van der Waals surface area contributed by atoms with Gasteiger partial charge in [-0.1, -0.05) is 6.08 Å². The quantitative estimate of drug-likeness (QED) is 0.740. The fourth-order valence-corrected chi connectivity index (χ4v) is 2.17. The van der Waals surface area contributed by atoms with Crippen LogP contribution in [0.2, 0.25) is 0 Å². The van der Waals surface area contributed by atoms with Crippen molar-refractivity contribution in [3.8, 4) is 0 Å². The molecule has 4 nitrogen and oxygen atoms in total. The Morgan fingerprint density at radius 3 is 3.31 bits per heavy atom. The summed E-state index contributed by atoms with van der Waals surface area (Å²) in [7, 11) is 0. The van der Waals surface area contributed by atoms with Crippen molar-refractivity contribution in [3.63, 3.8) is 0 Å². The van der Waals surface area contributed by atoms with Crippen LogP contribution in [0, 0.1) is 5.92 Å². The number of aromatic amines is 1. The van der Waals surface area contributed by atoms with E-state index in [1.807, 2.05) is 12.3 Å². The van der Waals surface area contributed by atoms with E-state index in [1.54, 1.807) is 6.33 Å². The molecule has 0 aromatic carbocycles. The summed E-state index contributed by atoms with van der Waals surface area (Å²) in [5.41, 5.74) is 1.10. The summed E-state index contributed by atoms with van der Waals surface area (Å²) in [5, 5.41) is 3.37. The smallest absolute Gasteiger partial charge is 0.0922 e. The molecule has 0 spiro atoms. The molecule has 1 aliphatic heterocycles. The lowest BCUT2D eigenvalue weighted by atomic mass is 10.00. The van der Waals surface area contributed by atoms with Gasteiger partial charge >= 0.3 is 0 Å². The number of hydrogen-bond donors (Lipinski definition) is 2. The monoisotopic (exact) mass is 221 g/mol. The molecule has 1 saturated heterocycles. The molecule has 2 heterocycles. The summed E-state index contributed by atoms with van der Waals surface area (Å²) in [4.78, 5) is 7.03. The predicted octanol–water partition coefficient (Wildman–Crippen LogP) is 1.48. The molecule has 0 radical (unpaired) electrons. The third kappa shape index (κ3) is 2.71. The molecule has 3 atom stereocenters. The molecular weight excluding hydrogens is 202 g/mol. The molecule has 0 saturated carbocycles. The first-order chi connectivity index (χ1) is 7.79. The molecule has 1 fully saturated rings. The topological polar surface area (TPSA) is 49.9 Å². The van der Waals surface area contributed by atoms with Gasteiger partial charge in [-0.05, 0) is 13.3 Å². The second-order valence-electron chi connectivity index (χ2n) is 4.33. The summed E-state index contributed by atoms with van der Waals surface area (Å²) in [6, 6.07) is 0. The third-order valence-corrected chi connectivity index (χ3v) is 3.01. The maximum atomic E-state index is 5.82. The Kier molecular flexibility index (Phi) is 3.74. The van der Waals surface area contributed by atoms with E-state index in [9.17, 15) is 0 Å². The first-order valence-electron chi connectivity index (χ1n) is 5.75. The van der Waals surface area contributed by atoms with Crippen LogP contribution in [0.5, 0.6) is 0 Å². The average molecular weight is 221 g/mol. The van der Waals surface area contributed by atoms with Crippen molar-refractivity contribution < 1.29 is 4.74 Å². The molecule has 1 unspecified atom stereocenters. The highest BCUT2D eigenvalue weighted by Gasteiger charge is 2.30. The van der Waals surface area contributed by atoms with Gasteiger partial charge in [-0.2, -0.15) is 0 Å². The lowest BCUT2D eigenvalue weighted by Crippen LogP contribution is -2.30. The molecular formula is C12H19N3O. The van der Waals surface area contributed by atoms with Gasteiger partial charge in [-0.15, -0.1) is 6.58 Å². The third-order valence-electron chi connectivity index (χ3n) is 3.01. The summed E-state index contributed by atoms with van der Waals surface area (Å²) >= 11 is 0. The standard InChI is InChI=1S/C12H19N3O/c1-3-10-4-9(2)16-12(10)7-13-5-11-6-14-8-15-11/h3,6,8-10,12-13H,1,4-5,7H2,2H3,(H,14,15)/t9?,10-,12+/m0/s1. The van der Waals surface area contributed by atoms with E-state index in [4.69, 9.17) is 4.74 Å². The summed E-state index contributed by atoms with van der Waals surface area (Å²) < 4.78 is 5.82. The number of hydrogen-bond acceptors (Lipinski definition) is 3. The van der Waals surface area contributed by atoms with Crippen LogP contribution in [0.25, 0.3) is 0 Å². The lowest BCUT2D eigenvalue weighted by Gasteiger charge is -2.15. The number of aromatic nitrogens is 2. The zero-order chi connectivity index (χ0) is 11.4. The van der Waals surface area contributed by atoms with Crippen LogP contribution in [0.4, 0.5) is 0 Å². The van der Waals surface area contributed by atoms with Gasteiger partial charge in [-0.25, -0.2) is 4.98 Å². The van der Waals surface area contributed by atoms with Gasteiger partial charge in [0.15, 0.2) is 0 Å². The molecule has 2 N–H and O–H groups in total. The van der Waals surface area contributed by atoms with Gasteiger partial charge in [0.1, 0.15) is 0 Å². The highest BCUT2D eigenvalue weighted by Crippen LogP contribution is 2.26. The Morgan fingerprint density at radius 1 is 1.75 bits per heavy atom. The second kappa shape index (κ2) is 5.27. The van der Waals surface area contributed by atoms with Gasteiger partial charge in [0.2, 0.25) is 0 Å². The molecule has 16 heavy (non-hydrogen) atoms. The number of H-pyrrole nitrogens is 1. The summed E-state index contributed by atoms with van der Waals surface area (Å²) in [5.74, 6) is 0.476. The molecule has 88 valence electrons. The van der Waals surface area contributed by atoms with Crippen LogP contribution >= 0.6 is 0 Å². The van der Waals surface area contributed by atoms with E-state index < -0.39 is 0 Å². The van der Waals surface area contributed by atoms with Gasteiger partial charge in [0, 0.05) is 30.9 Å². The van der Waals surface area contributed by atoms with Crippen molar-refractivity contribution in [1.82, 2.24) is 15.3 Å². The van der Waals surface area contributed by atoms with Crippen molar-refractivity contribution in [3.05, 3.63) is 30.9 Å². The lowest BCUT2D eigenvalue weighted by molar-refractivity contribution is 0.0488. The van der Waals surface area contributed by atoms with Crippen LogP contribution in [0.1, 0.15) is 19.0 Å². The zero-order valence-electron chi connectivity index (χ0n) is 9.65. The fourth-order valence-electron chi connectivity index (χ4n) is 2.17. The van der Waals surface area contributed by atoms with Gasteiger partial charge in [0.05, 0.1) is 18.5 Å². The zero-order valence-corrected chi connectivity index (χ0v) is 9.65. The molecule has 1 aliphatic rings. The van der Waals surface area contributed by atoms with Crippen LogP contribution in [-0.4, -0.2) is 28.7 Å². The van der Waals surface area contributed by atoms with Crippen molar-refractivity contribution >= 4 is 0 Å². The Morgan fingerprint density at radius 2 is 2.62 bits per heavy atom. The van der Waals surface area contributed by atoms with E-state index in [0.717, 1.165) is 25.2 Å². The molecule has 0 aliphatic carbocycles. The Labute approximate surface area is 96.1 Å². The summed E-state index contributed by atoms with van der Waals surface area (Å²) in [6.45, 7) is 7.64. The number of nitrogens with one attached hydrogen (secondary N) is 2. The molecule has 4 heteroatoms. The van der Waals surface area contributed by atoms with Gasteiger partial charge in [-0.3, -0.25) is 0 Å². The largest absolute Gasteiger partial charge is 0.373 e. The minimum atomic E-state index is 0.260. The maximum Gasteiger partial charge on any atom is 0.0922 e. The minimum absolute atomic E-state index is 0.260. The first-order valence-corrected chi connectivity index (χ1v) is 5.75. The number of rotatable bonds is 5. The Balaban J connectivity index is 1.75. The normalized spacial score (nSPS) is 29.4. The summed E-state index contributed by atoms with van der Waals surface area (Å²) in [6.07, 6.45) is 7.22. The average Bonchev–Trinajstić information content (AvgIpc) is 2.88. The molecule has 0 bridgehead atoms. The van der Waals surface area contributed by atoms with Crippen LogP contribution in [-0.2, 0) is 11.3 Å². The molecule has 0 amide bonds. The van der Waals surface area contributed by atoms with E-state index in [1.165, 1.54) is 0 Å². The van der Waals surface area contributed by atoms with Crippen molar-refractivity contribution in [1.29, 1.82) is 0 Å². The van der Waals surface area contributed by atoms with E-state index in [-0.39, 0.29) is 6.10 Å². The minimum Gasteiger partial charge on any atom is -0.373 e. The number of nitrogens with zero attached hydrogens (tertiary/aromatic N) is 1. The Hall–Kier alpha value is -1.13. The van der Waals surface area contributed by atoms with Crippen molar-refractivity contribution in [2.24, 2.45) is 5.92 Å². The molecule has 2 rings (SSSR count). The highest BCUT2D eigenvalue weighted by atomic mass is 16.5.